The smallest absolute Gasteiger partial charge is 0.317 e. The Kier molecular flexibility index (Phi) is 5.77. The summed E-state index contributed by atoms with van der Waals surface area (Å²) in [7, 11) is 0. The van der Waals surface area contributed by atoms with Gasteiger partial charge in [-0.15, -0.1) is 0 Å². The molecule has 2 fully saturated rings. The second-order valence-electron chi connectivity index (χ2n) is 7.47. The average Bonchev–Trinajstić information content (AvgIpc) is 3.07. The summed E-state index contributed by atoms with van der Waals surface area (Å²) >= 11 is 0. The van der Waals surface area contributed by atoms with E-state index in [0.717, 1.165) is 19.4 Å². The van der Waals surface area contributed by atoms with Gasteiger partial charge in [0.15, 0.2) is 0 Å². The van der Waals surface area contributed by atoms with Crippen LogP contribution in [0.15, 0.2) is 30.3 Å². The molecule has 1 saturated carbocycles. The zero-order chi connectivity index (χ0) is 16.9. The summed E-state index contributed by atoms with van der Waals surface area (Å²) in [4.78, 5) is 14.8. The number of aliphatic hydroxyl groups excluding tert-OH is 1. The van der Waals surface area contributed by atoms with Crippen LogP contribution in [0.1, 0.15) is 56.9 Å². The Balaban J connectivity index is 1.60. The second kappa shape index (κ2) is 8.02. The van der Waals surface area contributed by atoms with E-state index < -0.39 is 0 Å². The minimum Gasteiger partial charge on any atom is -0.393 e. The molecule has 3 rings (SSSR count). The van der Waals surface area contributed by atoms with E-state index in [-0.39, 0.29) is 18.1 Å². The van der Waals surface area contributed by atoms with Gasteiger partial charge < -0.3 is 15.3 Å². The minimum atomic E-state index is -0.374. The molecule has 0 aromatic heterocycles. The van der Waals surface area contributed by atoms with Gasteiger partial charge in [-0.1, -0.05) is 36.8 Å². The Morgan fingerprint density at radius 2 is 2.00 bits per heavy atom. The highest BCUT2D eigenvalue weighted by Gasteiger charge is 2.37. The first-order chi connectivity index (χ1) is 11.6. The monoisotopic (exact) mass is 330 g/mol. The van der Waals surface area contributed by atoms with Gasteiger partial charge in [0.25, 0.3) is 0 Å². The van der Waals surface area contributed by atoms with E-state index in [1.807, 2.05) is 25.1 Å². The van der Waals surface area contributed by atoms with Gasteiger partial charge in [-0.25, -0.2) is 4.79 Å². The van der Waals surface area contributed by atoms with Crippen LogP contribution < -0.4 is 5.32 Å². The van der Waals surface area contributed by atoms with Crippen molar-refractivity contribution in [2.75, 3.05) is 13.1 Å². The molecular weight excluding hydrogens is 300 g/mol. The zero-order valence-electron chi connectivity index (χ0n) is 14.7. The molecule has 4 atom stereocenters. The van der Waals surface area contributed by atoms with Crippen LogP contribution in [0.4, 0.5) is 4.79 Å². The normalized spacial score (nSPS) is 25.8. The second-order valence-corrected chi connectivity index (χ2v) is 7.47. The molecule has 2 amide bonds. The van der Waals surface area contributed by atoms with Crippen LogP contribution in [0.2, 0.25) is 0 Å². The highest BCUT2D eigenvalue weighted by Crippen LogP contribution is 2.36. The Labute approximate surface area is 145 Å². The van der Waals surface area contributed by atoms with Gasteiger partial charge in [0.2, 0.25) is 0 Å². The summed E-state index contributed by atoms with van der Waals surface area (Å²) in [5.74, 6) is 0.867. The lowest BCUT2D eigenvalue weighted by atomic mass is 9.92. The molecule has 24 heavy (non-hydrogen) atoms. The van der Waals surface area contributed by atoms with Crippen LogP contribution in [0.25, 0.3) is 0 Å². The van der Waals surface area contributed by atoms with Crippen LogP contribution in [0, 0.1) is 5.92 Å². The van der Waals surface area contributed by atoms with Crippen LogP contribution in [-0.4, -0.2) is 41.3 Å². The highest BCUT2D eigenvalue weighted by molar-refractivity contribution is 5.74. The fourth-order valence-electron chi connectivity index (χ4n) is 4.49. The molecular formula is C20H30N2O2. The first-order valence-electron chi connectivity index (χ1n) is 9.42. The standard InChI is InChI=1S/C20H30N2O2/c1-15(23)13-18(16-7-3-2-4-8-16)14-21-20(24)22-12-6-10-17-9-5-11-19(17)22/h2-4,7-8,15,17-19,23H,5-6,9-14H2,1H3,(H,21,24). The first kappa shape index (κ1) is 17.3. The number of nitrogens with one attached hydrogen (secondary N) is 1. The van der Waals surface area contributed by atoms with Gasteiger partial charge >= 0.3 is 6.03 Å². The van der Waals surface area contributed by atoms with Crippen LogP contribution in [-0.2, 0) is 0 Å². The number of carbonyl (C=O) groups is 1. The molecule has 4 heteroatoms. The van der Waals surface area contributed by atoms with Crippen molar-refractivity contribution >= 4 is 6.03 Å². The molecule has 1 aliphatic heterocycles. The third-order valence-corrected chi connectivity index (χ3v) is 5.65. The predicted molar refractivity (Wildman–Crippen MR) is 95.9 cm³/mol. The van der Waals surface area contributed by atoms with Gasteiger partial charge in [0.05, 0.1) is 6.10 Å². The van der Waals surface area contributed by atoms with Crippen LogP contribution in [0.5, 0.6) is 0 Å². The largest absolute Gasteiger partial charge is 0.393 e. The average molecular weight is 330 g/mol. The van der Waals surface area contributed by atoms with Crippen molar-refractivity contribution in [3.63, 3.8) is 0 Å². The van der Waals surface area contributed by atoms with E-state index in [4.69, 9.17) is 0 Å². The molecule has 4 unspecified atom stereocenters. The Morgan fingerprint density at radius 1 is 1.25 bits per heavy atom. The Hall–Kier alpha value is -1.55. The zero-order valence-corrected chi connectivity index (χ0v) is 14.7. The number of rotatable bonds is 5. The number of piperidine rings is 1. The molecule has 2 N–H and O–H groups in total. The summed E-state index contributed by atoms with van der Waals surface area (Å²) < 4.78 is 0. The summed E-state index contributed by atoms with van der Waals surface area (Å²) in [5.41, 5.74) is 1.18. The number of hydrogen-bond acceptors (Lipinski definition) is 2. The summed E-state index contributed by atoms with van der Waals surface area (Å²) in [6, 6.07) is 10.7. The number of aliphatic hydroxyl groups is 1. The molecule has 0 radical (unpaired) electrons. The third-order valence-electron chi connectivity index (χ3n) is 5.65. The molecule has 4 nitrogen and oxygen atoms in total. The first-order valence-corrected chi connectivity index (χ1v) is 9.42. The van der Waals surface area contributed by atoms with Crippen molar-refractivity contribution in [1.29, 1.82) is 0 Å². The van der Waals surface area contributed by atoms with Crippen LogP contribution in [0.3, 0.4) is 0 Å². The van der Waals surface area contributed by atoms with Crippen LogP contribution >= 0.6 is 0 Å². The van der Waals surface area contributed by atoms with Gasteiger partial charge in [-0.3, -0.25) is 0 Å². The third kappa shape index (κ3) is 4.10. The topological polar surface area (TPSA) is 52.6 Å². The van der Waals surface area contributed by atoms with Crippen molar-refractivity contribution in [2.45, 2.75) is 63.5 Å². The quantitative estimate of drug-likeness (QED) is 0.868. The lowest BCUT2D eigenvalue weighted by Gasteiger charge is -2.38. The van der Waals surface area contributed by atoms with Crippen molar-refractivity contribution < 1.29 is 9.90 Å². The van der Waals surface area contributed by atoms with E-state index in [2.05, 4.69) is 22.3 Å². The SMILES string of the molecule is CC(O)CC(CNC(=O)N1CCCC2CCCC21)c1ccccc1. The van der Waals surface area contributed by atoms with Gasteiger partial charge in [-0.05, 0) is 50.5 Å². The van der Waals surface area contributed by atoms with E-state index in [0.29, 0.717) is 24.9 Å². The molecule has 1 heterocycles. The molecule has 1 saturated heterocycles. The lowest BCUT2D eigenvalue weighted by molar-refractivity contribution is 0.126. The predicted octanol–water partition coefficient (Wildman–Crippen LogP) is 3.52. The van der Waals surface area contributed by atoms with E-state index in [1.54, 1.807) is 0 Å². The summed E-state index contributed by atoms with van der Waals surface area (Å²) in [6.45, 7) is 3.28. The molecule has 1 aromatic carbocycles. The van der Waals surface area contributed by atoms with E-state index >= 15 is 0 Å². The van der Waals surface area contributed by atoms with Crippen molar-refractivity contribution in [3.8, 4) is 0 Å². The lowest BCUT2D eigenvalue weighted by Crippen LogP contribution is -2.51. The number of benzene rings is 1. The molecule has 0 spiro atoms. The number of amides is 2. The molecule has 2 aliphatic rings. The maximum Gasteiger partial charge on any atom is 0.317 e. The summed E-state index contributed by atoms with van der Waals surface area (Å²) in [5, 5.41) is 12.9. The van der Waals surface area contributed by atoms with Gasteiger partial charge in [0.1, 0.15) is 0 Å². The van der Waals surface area contributed by atoms with Crippen molar-refractivity contribution in [2.24, 2.45) is 5.92 Å². The number of urea groups is 1. The number of fused-ring (bicyclic) bond motifs is 1. The van der Waals surface area contributed by atoms with Crippen molar-refractivity contribution in [3.05, 3.63) is 35.9 Å². The highest BCUT2D eigenvalue weighted by atomic mass is 16.3. The fourth-order valence-corrected chi connectivity index (χ4v) is 4.49. The van der Waals surface area contributed by atoms with E-state index in [1.165, 1.54) is 24.8 Å². The summed E-state index contributed by atoms with van der Waals surface area (Å²) in [6.07, 6.45) is 6.40. The Bertz CT molecular complexity index is 532. The van der Waals surface area contributed by atoms with E-state index in [9.17, 15) is 9.90 Å². The number of carbonyl (C=O) groups excluding carboxylic acids is 1. The van der Waals surface area contributed by atoms with Crippen molar-refractivity contribution in [1.82, 2.24) is 10.2 Å². The minimum absolute atomic E-state index is 0.0816. The molecule has 0 bridgehead atoms. The maximum atomic E-state index is 12.7. The maximum absolute atomic E-state index is 12.7. The van der Waals surface area contributed by atoms with Gasteiger partial charge in [0, 0.05) is 25.0 Å². The Morgan fingerprint density at radius 3 is 2.75 bits per heavy atom. The fraction of sp³-hybridized carbons (Fsp3) is 0.650. The van der Waals surface area contributed by atoms with Gasteiger partial charge in [-0.2, -0.15) is 0 Å². The molecule has 132 valence electrons. The number of nitrogens with zero attached hydrogens (tertiary/aromatic N) is 1. The number of likely N-dealkylation sites (tertiary alicyclic amines) is 1. The molecule has 1 aliphatic carbocycles. The molecule has 1 aromatic rings. The number of hydrogen-bond donors (Lipinski definition) is 2.